The molecule has 0 radical (unpaired) electrons. The van der Waals surface area contributed by atoms with Crippen molar-refractivity contribution in [2.24, 2.45) is 0 Å². The van der Waals surface area contributed by atoms with E-state index in [0.29, 0.717) is 13.1 Å². The van der Waals surface area contributed by atoms with Crippen LogP contribution in [0.4, 0.5) is 4.79 Å². The first-order valence-electron chi connectivity index (χ1n) is 8.02. The van der Waals surface area contributed by atoms with Gasteiger partial charge in [0.2, 0.25) is 5.91 Å². The number of benzene rings is 1. The molecule has 1 aromatic carbocycles. The Balaban J connectivity index is 1.97. The zero-order chi connectivity index (χ0) is 18.0. The van der Waals surface area contributed by atoms with E-state index < -0.39 is 17.2 Å². The number of rotatable bonds is 4. The first-order valence-corrected chi connectivity index (χ1v) is 8.02. The van der Waals surface area contributed by atoms with E-state index in [1.54, 1.807) is 12.0 Å². The third-order valence-corrected chi connectivity index (χ3v) is 3.77. The predicted molar refractivity (Wildman–Crippen MR) is 90.8 cm³/mol. The topological polar surface area (TPSA) is 67.9 Å². The highest BCUT2D eigenvalue weighted by Crippen LogP contribution is 2.25. The molecule has 1 aliphatic rings. The van der Waals surface area contributed by atoms with Gasteiger partial charge in [-0.2, -0.15) is 0 Å². The third kappa shape index (κ3) is 4.88. The molecule has 0 bridgehead atoms. The maximum Gasteiger partial charge on any atom is 0.408 e. The van der Waals surface area contributed by atoms with Gasteiger partial charge in [-0.3, -0.25) is 4.79 Å². The second-order valence-corrected chi connectivity index (χ2v) is 7.46. The van der Waals surface area contributed by atoms with E-state index in [9.17, 15) is 9.59 Å². The Morgan fingerprint density at radius 1 is 1.29 bits per heavy atom. The van der Waals surface area contributed by atoms with Gasteiger partial charge in [0.15, 0.2) is 0 Å². The number of hydrogen-bond acceptors (Lipinski definition) is 4. The molecular formula is C18H26N2O4. The molecule has 0 aliphatic carbocycles. The lowest BCUT2D eigenvalue weighted by atomic mass is 10.0. The first-order chi connectivity index (χ1) is 11.1. The van der Waals surface area contributed by atoms with Gasteiger partial charge >= 0.3 is 6.09 Å². The van der Waals surface area contributed by atoms with Crippen LogP contribution in [0.3, 0.4) is 0 Å². The molecule has 1 unspecified atom stereocenters. The summed E-state index contributed by atoms with van der Waals surface area (Å²) in [4.78, 5) is 26.0. The van der Waals surface area contributed by atoms with Crippen molar-refractivity contribution in [3.63, 3.8) is 0 Å². The molecule has 6 nitrogen and oxygen atoms in total. The average molecular weight is 334 g/mol. The van der Waals surface area contributed by atoms with Gasteiger partial charge in [-0.15, -0.1) is 0 Å². The van der Waals surface area contributed by atoms with Gasteiger partial charge in [0.25, 0.3) is 0 Å². The molecule has 0 saturated carbocycles. The Kier molecular flexibility index (Phi) is 5.06. The van der Waals surface area contributed by atoms with Crippen molar-refractivity contribution in [3.05, 3.63) is 29.8 Å². The monoisotopic (exact) mass is 334 g/mol. The highest BCUT2D eigenvalue weighted by Gasteiger charge is 2.41. The molecule has 1 fully saturated rings. The van der Waals surface area contributed by atoms with Gasteiger partial charge in [0.05, 0.1) is 19.1 Å². The van der Waals surface area contributed by atoms with Crippen molar-refractivity contribution in [1.82, 2.24) is 10.2 Å². The molecule has 1 aromatic rings. The molecule has 0 aromatic heterocycles. The maximum absolute atomic E-state index is 12.3. The van der Waals surface area contributed by atoms with Crippen molar-refractivity contribution in [2.75, 3.05) is 13.7 Å². The molecule has 1 atom stereocenters. The summed E-state index contributed by atoms with van der Waals surface area (Å²) >= 11 is 0. The zero-order valence-electron chi connectivity index (χ0n) is 15.0. The van der Waals surface area contributed by atoms with Gasteiger partial charge in [0.1, 0.15) is 11.4 Å². The summed E-state index contributed by atoms with van der Waals surface area (Å²) in [5.41, 5.74) is -0.164. The van der Waals surface area contributed by atoms with E-state index in [1.165, 1.54) is 0 Å². The Hall–Kier alpha value is -2.24. The molecule has 24 heavy (non-hydrogen) atoms. The van der Waals surface area contributed by atoms with Crippen LogP contribution in [0.15, 0.2) is 24.3 Å². The third-order valence-electron chi connectivity index (χ3n) is 3.77. The number of nitrogens with zero attached hydrogens (tertiary/aromatic N) is 1. The number of hydrogen-bond donors (Lipinski definition) is 1. The van der Waals surface area contributed by atoms with Crippen molar-refractivity contribution >= 4 is 12.0 Å². The van der Waals surface area contributed by atoms with Crippen LogP contribution in [0.1, 0.15) is 39.7 Å². The number of likely N-dealkylation sites (tertiary alicyclic amines) is 1. The Morgan fingerprint density at radius 3 is 2.46 bits per heavy atom. The van der Waals surface area contributed by atoms with E-state index in [0.717, 1.165) is 11.3 Å². The largest absolute Gasteiger partial charge is 0.497 e. The lowest BCUT2D eigenvalue weighted by Gasteiger charge is -2.28. The van der Waals surface area contributed by atoms with Crippen LogP contribution in [-0.2, 0) is 16.1 Å². The number of amides is 2. The van der Waals surface area contributed by atoms with Gasteiger partial charge < -0.3 is 19.7 Å². The smallest absolute Gasteiger partial charge is 0.408 e. The molecule has 1 heterocycles. The van der Waals surface area contributed by atoms with E-state index in [-0.39, 0.29) is 12.3 Å². The SMILES string of the molecule is COc1ccc(CN2CC(C)(NC(=O)OC(C)(C)C)CC2=O)cc1. The lowest BCUT2D eigenvalue weighted by molar-refractivity contribution is -0.128. The molecule has 132 valence electrons. The van der Waals surface area contributed by atoms with Crippen molar-refractivity contribution in [2.45, 2.75) is 51.8 Å². The summed E-state index contributed by atoms with van der Waals surface area (Å²) in [5, 5.41) is 2.83. The predicted octanol–water partition coefficient (Wildman–Crippen LogP) is 2.71. The highest BCUT2D eigenvalue weighted by molar-refractivity contribution is 5.82. The number of nitrogens with one attached hydrogen (secondary N) is 1. The van der Waals surface area contributed by atoms with Crippen molar-refractivity contribution < 1.29 is 19.1 Å². The second kappa shape index (κ2) is 6.71. The molecule has 6 heteroatoms. The quantitative estimate of drug-likeness (QED) is 0.919. The molecule has 1 saturated heterocycles. The van der Waals surface area contributed by atoms with E-state index in [1.807, 2.05) is 52.0 Å². The van der Waals surface area contributed by atoms with Gasteiger partial charge in [-0.25, -0.2) is 4.79 Å². The Morgan fingerprint density at radius 2 is 1.92 bits per heavy atom. The molecule has 1 N–H and O–H groups in total. The van der Waals surface area contributed by atoms with E-state index in [2.05, 4.69) is 5.32 Å². The van der Waals surface area contributed by atoms with Gasteiger partial charge in [-0.05, 0) is 45.4 Å². The molecule has 2 rings (SSSR count). The van der Waals surface area contributed by atoms with Crippen LogP contribution >= 0.6 is 0 Å². The summed E-state index contributed by atoms with van der Waals surface area (Å²) in [6.45, 7) is 8.26. The second-order valence-electron chi connectivity index (χ2n) is 7.46. The van der Waals surface area contributed by atoms with Crippen LogP contribution in [0.5, 0.6) is 5.75 Å². The first kappa shape index (κ1) is 18.1. The van der Waals surface area contributed by atoms with Crippen LogP contribution in [0, 0.1) is 0 Å². The van der Waals surface area contributed by atoms with Crippen LogP contribution in [0.2, 0.25) is 0 Å². The number of ether oxygens (including phenoxy) is 2. The number of methoxy groups -OCH3 is 1. The van der Waals surface area contributed by atoms with Crippen LogP contribution < -0.4 is 10.1 Å². The normalized spacial score (nSPS) is 20.9. The van der Waals surface area contributed by atoms with E-state index in [4.69, 9.17) is 9.47 Å². The van der Waals surface area contributed by atoms with Crippen molar-refractivity contribution in [3.8, 4) is 5.75 Å². The molecular weight excluding hydrogens is 308 g/mol. The summed E-state index contributed by atoms with van der Waals surface area (Å²) in [6, 6.07) is 7.61. The zero-order valence-corrected chi connectivity index (χ0v) is 15.0. The molecule has 0 spiro atoms. The number of carbonyl (C=O) groups excluding carboxylic acids is 2. The minimum absolute atomic E-state index is 0.0179. The standard InChI is InChI=1S/C18H26N2O4/c1-17(2,3)24-16(22)19-18(4)10-15(21)20(12-18)11-13-6-8-14(23-5)9-7-13/h6-9H,10-12H2,1-5H3,(H,19,22). The van der Waals surface area contributed by atoms with Crippen molar-refractivity contribution in [1.29, 1.82) is 0 Å². The Bertz CT molecular complexity index is 606. The van der Waals surface area contributed by atoms with E-state index >= 15 is 0 Å². The fourth-order valence-corrected chi connectivity index (χ4v) is 2.74. The fourth-order valence-electron chi connectivity index (χ4n) is 2.74. The summed E-state index contributed by atoms with van der Waals surface area (Å²) < 4.78 is 10.4. The molecule has 1 aliphatic heterocycles. The lowest BCUT2D eigenvalue weighted by Crippen LogP contribution is -2.49. The fraction of sp³-hybridized carbons (Fsp3) is 0.556. The number of carbonyl (C=O) groups is 2. The maximum atomic E-state index is 12.3. The molecule has 2 amide bonds. The van der Waals surface area contributed by atoms with Gasteiger partial charge in [0, 0.05) is 13.1 Å². The Labute approximate surface area is 143 Å². The minimum Gasteiger partial charge on any atom is -0.497 e. The summed E-state index contributed by atoms with van der Waals surface area (Å²) in [7, 11) is 1.62. The summed E-state index contributed by atoms with van der Waals surface area (Å²) in [5.74, 6) is 0.798. The average Bonchev–Trinajstić information content (AvgIpc) is 2.71. The van der Waals surface area contributed by atoms with Gasteiger partial charge in [-0.1, -0.05) is 12.1 Å². The van der Waals surface area contributed by atoms with Crippen LogP contribution in [-0.4, -0.2) is 41.7 Å². The van der Waals surface area contributed by atoms with Crippen LogP contribution in [0.25, 0.3) is 0 Å². The highest BCUT2D eigenvalue weighted by atomic mass is 16.6. The minimum atomic E-state index is -0.619. The number of alkyl carbamates (subject to hydrolysis) is 1. The summed E-state index contributed by atoms with van der Waals surface area (Å²) in [6.07, 6.45) is -0.230.